The minimum atomic E-state index is -0.958. The van der Waals surface area contributed by atoms with Crippen LogP contribution in [0.2, 0.25) is 0 Å². The first-order chi connectivity index (χ1) is 16.4. The molecule has 0 unspecified atom stereocenters. The Bertz CT molecular complexity index is 1390. The standard InChI is InChI=1S/C29H30N2O3/c1-30(2)26(32)18-31-25-17-23(29(33)34)14-15-24(25)27(20-9-4-3-5-10-20)28(31)22-13-12-19-8-6-7-11-21(19)16-22/h6-8,11-17,20H,3-5,9-10,18H2,1-2H3,(H,33,34). The zero-order valence-corrected chi connectivity index (χ0v) is 19.8. The molecule has 1 aliphatic rings. The zero-order chi connectivity index (χ0) is 23.8. The van der Waals surface area contributed by atoms with Crippen molar-refractivity contribution in [3.63, 3.8) is 0 Å². The van der Waals surface area contributed by atoms with Gasteiger partial charge in [-0.25, -0.2) is 4.79 Å². The van der Waals surface area contributed by atoms with Crippen molar-refractivity contribution in [3.05, 3.63) is 71.8 Å². The summed E-state index contributed by atoms with van der Waals surface area (Å²) in [4.78, 5) is 26.4. The van der Waals surface area contributed by atoms with Crippen LogP contribution in [0.4, 0.5) is 0 Å². The number of hydrogen-bond acceptors (Lipinski definition) is 2. The molecule has 174 valence electrons. The Hall–Kier alpha value is -3.60. The number of fused-ring (bicyclic) bond motifs is 2. The summed E-state index contributed by atoms with van der Waals surface area (Å²) in [7, 11) is 3.52. The summed E-state index contributed by atoms with van der Waals surface area (Å²) >= 11 is 0. The Labute approximate surface area is 199 Å². The van der Waals surface area contributed by atoms with E-state index in [9.17, 15) is 14.7 Å². The van der Waals surface area contributed by atoms with Crippen molar-refractivity contribution in [2.24, 2.45) is 0 Å². The molecule has 1 saturated carbocycles. The normalized spacial score (nSPS) is 14.5. The summed E-state index contributed by atoms with van der Waals surface area (Å²) in [6.45, 7) is 0.168. The van der Waals surface area contributed by atoms with Crippen molar-refractivity contribution in [1.82, 2.24) is 9.47 Å². The number of carboxylic acids is 1. The summed E-state index contributed by atoms with van der Waals surface area (Å²) < 4.78 is 2.05. The van der Waals surface area contributed by atoms with Crippen molar-refractivity contribution in [2.45, 2.75) is 44.6 Å². The number of carbonyl (C=O) groups excluding carboxylic acids is 1. The molecular weight excluding hydrogens is 424 g/mol. The summed E-state index contributed by atoms with van der Waals surface area (Å²) in [5, 5.41) is 13.1. The molecule has 1 fully saturated rings. The first kappa shape index (κ1) is 22.2. The molecule has 0 radical (unpaired) electrons. The van der Waals surface area contributed by atoms with Gasteiger partial charge in [0.05, 0.1) is 16.8 Å². The van der Waals surface area contributed by atoms with Gasteiger partial charge >= 0.3 is 5.97 Å². The van der Waals surface area contributed by atoms with E-state index in [1.165, 1.54) is 30.2 Å². The van der Waals surface area contributed by atoms with Gasteiger partial charge < -0.3 is 14.6 Å². The Kier molecular flexibility index (Phi) is 5.86. The highest BCUT2D eigenvalue weighted by molar-refractivity contribution is 6.00. The minimum Gasteiger partial charge on any atom is -0.478 e. The van der Waals surface area contributed by atoms with Crippen LogP contribution in [0.15, 0.2) is 60.7 Å². The van der Waals surface area contributed by atoms with Gasteiger partial charge in [-0.15, -0.1) is 0 Å². The molecule has 5 nitrogen and oxygen atoms in total. The molecular formula is C29H30N2O3. The van der Waals surface area contributed by atoms with Gasteiger partial charge in [0.1, 0.15) is 6.54 Å². The zero-order valence-electron chi connectivity index (χ0n) is 19.8. The maximum atomic E-state index is 12.9. The van der Waals surface area contributed by atoms with Gasteiger partial charge in [0.2, 0.25) is 5.91 Å². The monoisotopic (exact) mass is 454 g/mol. The quantitative estimate of drug-likeness (QED) is 0.385. The average molecular weight is 455 g/mol. The van der Waals surface area contributed by atoms with Crippen LogP contribution in [0.3, 0.4) is 0 Å². The number of benzene rings is 3. The maximum Gasteiger partial charge on any atom is 0.335 e. The predicted molar refractivity (Wildman–Crippen MR) is 136 cm³/mol. The Morgan fingerprint density at radius 2 is 1.68 bits per heavy atom. The molecule has 5 rings (SSSR count). The average Bonchev–Trinajstić information content (AvgIpc) is 3.17. The van der Waals surface area contributed by atoms with Crippen LogP contribution in [0.25, 0.3) is 32.9 Å². The van der Waals surface area contributed by atoms with Gasteiger partial charge in [-0.1, -0.05) is 61.7 Å². The largest absolute Gasteiger partial charge is 0.478 e. The van der Waals surface area contributed by atoms with E-state index in [-0.39, 0.29) is 18.0 Å². The van der Waals surface area contributed by atoms with Crippen molar-refractivity contribution < 1.29 is 14.7 Å². The van der Waals surface area contributed by atoms with Gasteiger partial charge in [-0.05, 0) is 58.9 Å². The lowest BCUT2D eigenvalue weighted by Gasteiger charge is -2.24. The van der Waals surface area contributed by atoms with Gasteiger partial charge in [0, 0.05) is 19.5 Å². The minimum absolute atomic E-state index is 0.0186. The smallest absolute Gasteiger partial charge is 0.335 e. The molecule has 1 N–H and O–H groups in total. The Balaban J connectivity index is 1.83. The van der Waals surface area contributed by atoms with E-state index in [2.05, 4.69) is 34.9 Å². The fourth-order valence-corrected chi connectivity index (χ4v) is 5.40. The van der Waals surface area contributed by atoms with Gasteiger partial charge in [-0.3, -0.25) is 4.79 Å². The number of rotatable bonds is 5. The molecule has 0 spiro atoms. The Morgan fingerprint density at radius 1 is 0.941 bits per heavy atom. The van der Waals surface area contributed by atoms with Crippen LogP contribution >= 0.6 is 0 Å². The molecule has 0 atom stereocenters. The number of likely N-dealkylation sites (N-methyl/N-ethyl adjacent to an activating group) is 1. The molecule has 1 aliphatic carbocycles. The number of aromatic carboxylic acids is 1. The lowest BCUT2D eigenvalue weighted by molar-refractivity contribution is -0.129. The summed E-state index contributed by atoms with van der Waals surface area (Å²) in [5.41, 5.74) is 4.43. The molecule has 1 heterocycles. The maximum absolute atomic E-state index is 12.9. The van der Waals surface area contributed by atoms with Crippen molar-refractivity contribution in [1.29, 1.82) is 0 Å². The molecule has 1 amide bonds. The second-order valence-electron chi connectivity index (χ2n) is 9.57. The van der Waals surface area contributed by atoms with Crippen molar-refractivity contribution in [2.75, 3.05) is 14.1 Å². The highest BCUT2D eigenvalue weighted by Gasteiger charge is 2.28. The number of amides is 1. The number of nitrogens with zero attached hydrogens (tertiary/aromatic N) is 2. The van der Waals surface area contributed by atoms with Gasteiger partial charge in [-0.2, -0.15) is 0 Å². The van der Waals surface area contributed by atoms with Gasteiger partial charge in [0.25, 0.3) is 0 Å². The van der Waals surface area contributed by atoms with E-state index in [0.29, 0.717) is 5.92 Å². The molecule has 3 aromatic carbocycles. The second kappa shape index (κ2) is 8.98. The van der Waals surface area contributed by atoms with Crippen molar-refractivity contribution >= 4 is 33.6 Å². The van der Waals surface area contributed by atoms with Crippen LogP contribution in [0.5, 0.6) is 0 Å². The lowest BCUT2D eigenvalue weighted by Crippen LogP contribution is -2.26. The van der Waals surface area contributed by atoms with Crippen molar-refractivity contribution in [3.8, 4) is 11.3 Å². The van der Waals surface area contributed by atoms with Crippen LogP contribution in [0.1, 0.15) is 53.9 Å². The van der Waals surface area contributed by atoms with Crippen LogP contribution < -0.4 is 0 Å². The third-order valence-corrected chi connectivity index (χ3v) is 7.18. The van der Waals surface area contributed by atoms with Crippen LogP contribution in [-0.4, -0.2) is 40.5 Å². The second-order valence-corrected chi connectivity index (χ2v) is 9.57. The molecule has 34 heavy (non-hydrogen) atoms. The third kappa shape index (κ3) is 3.96. The van der Waals surface area contributed by atoms with Gasteiger partial charge in [0.15, 0.2) is 0 Å². The third-order valence-electron chi connectivity index (χ3n) is 7.18. The SMILES string of the molecule is CN(C)C(=O)Cn1c(-c2ccc3ccccc3c2)c(C2CCCCC2)c2ccc(C(=O)O)cc21. The van der Waals surface area contributed by atoms with E-state index in [1.54, 1.807) is 31.1 Å². The highest BCUT2D eigenvalue weighted by Crippen LogP contribution is 2.44. The number of carboxylic acid groups (broad SMARTS) is 1. The topological polar surface area (TPSA) is 62.5 Å². The van der Waals surface area contributed by atoms with E-state index in [1.807, 2.05) is 18.2 Å². The highest BCUT2D eigenvalue weighted by atomic mass is 16.4. The molecule has 5 heteroatoms. The molecule has 0 bridgehead atoms. The summed E-state index contributed by atoms with van der Waals surface area (Å²) in [6, 6.07) is 20.1. The van der Waals surface area contributed by atoms with E-state index in [0.717, 1.165) is 40.4 Å². The van der Waals surface area contributed by atoms with Crippen LogP contribution in [0, 0.1) is 0 Å². The summed E-state index contributed by atoms with van der Waals surface area (Å²) in [6.07, 6.45) is 5.86. The number of aromatic nitrogens is 1. The predicted octanol–water partition coefficient (Wildman–Crippen LogP) is 6.30. The van der Waals surface area contributed by atoms with E-state index < -0.39 is 5.97 Å². The molecule has 4 aromatic rings. The molecule has 1 aromatic heterocycles. The summed E-state index contributed by atoms with van der Waals surface area (Å²) in [5.74, 6) is -0.584. The van der Waals surface area contributed by atoms with E-state index in [4.69, 9.17) is 0 Å². The number of hydrogen-bond donors (Lipinski definition) is 1. The molecule has 0 aliphatic heterocycles. The number of carbonyl (C=O) groups is 2. The fourth-order valence-electron chi connectivity index (χ4n) is 5.40. The van der Waals surface area contributed by atoms with Crippen LogP contribution in [-0.2, 0) is 11.3 Å². The first-order valence-electron chi connectivity index (χ1n) is 12.0. The fraction of sp³-hybridized carbons (Fsp3) is 0.310. The van der Waals surface area contributed by atoms with E-state index >= 15 is 0 Å². The lowest BCUT2D eigenvalue weighted by atomic mass is 9.81. The molecule has 0 saturated heterocycles. The Morgan fingerprint density at radius 3 is 2.38 bits per heavy atom. The first-order valence-corrected chi connectivity index (χ1v) is 12.0.